The van der Waals surface area contributed by atoms with E-state index < -0.39 is 8.07 Å². The van der Waals surface area contributed by atoms with Crippen LogP contribution in [0.1, 0.15) is 11.1 Å². The van der Waals surface area contributed by atoms with Crippen LogP contribution in [0.5, 0.6) is 0 Å². The molecule has 0 aliphatic heterocycles. The van der Waals surface area contributed by atoms with Crippen LogP contribution in [0.3, 0.4) is 0 Å². The molecule has 0 nitrogen and oxygen atoms in total. The number of rotatable bonds is 1. The average Bonchev–Trinajstić information content (AvgIpc) is 1.94. The third-order valence-corrected chi connectivity index (χ3v) is 5.88. The van der Waals surface area contributed by atoms with Gasteiger partial charge in [0, 0.05) is 10.2 Å². The molecule has 13 heavy (non-hydrogen) atoms. The molecule has 0 atom stereocenters. The van der Waals surface area contributed by atoms with E-state index in [1.807, 2.05) is 0 Å². The third kappa shape index (κ3) is 2.32. The first kappa shape index (κ1) is 10.7. The van der Waals surface area contributed by atoms with Gasteiger partial charge in [0.2, 0.25) is 0 Å². The zero-order chi connectivity index (χ0) is 10.2. The molecule has 0 aliphatic rings. The van der Waals surface area contributed by atoms with Gasteiger partial charge in [-0.1, -0.05) is 53.3 Å². The normalized spacial score (nSPS) is 12.1. The SMILES string of the molecule is Cc1cc(C)c([Si](C)(C)C)cc1[SiH3]. The molecule has 0 N–H and O–H groups in total. The van der Waals surface area contributed by atoms with Crippen molar-refractivity contribution in [3.63, 3.8) is 0 Å². The van der Waals surface area contributed by atoms with E-state index in [1.165, 1.54) is 21.4 Å². The molecule has 0 saturated carbocycles. The summed E-state index contributed by atoms with van der Waals surface area (Å²) in [6.07, 6.45) is 0. The molecular formula is C11H20Si2. The van der Waals surface area contributed by atoms with Gasteiger partial charge < -0.3 is 0 Å². The number of hydrogen-bond donors (Lipinski definition) is 0. The molecule has 0 aliphatic carbocycles. The number of benzene rings is 1. The number of hydrogen-bond acceptors (Lipinski definition) is 0. The second-order valence-electron chi connectivity index (χ2n) is 5.00. The van der Waals surface area contributed by atoms with Crippen LogP contribution in [0, 0.1) is 13.8 Å². The molecule has 1 aromatic carbocycles. The lowest BCUT2D eigenvalue weighted by Crippen LogP contribution is -2.41. The predicted molar refractivity (Wildman–Crippen MR) is 68.5 cm³/mol. The molecule has 72 valence electrons. The topological polar surface area (TPSA) is 0 Å². The van der Waals surface area contributed by atoms with Gasteiger partial charge in [0.1, 0.15) is 0 Å². The highest BCUT2D eigenvalue weighted by atomic mass is 28.3. The monoisotopic (exact) mass is 208 g/mol. The Morgan fingerprint density at radius 2 is 1.54 bits per heavy atom. The summed E-state index contributed by atoms with van der Waals surface area (Å²) in [6.45, 7) is 11.7. The van der Waals surface area contributed by atoms with Crippen molar-refractivity contribution in [1.29, 1.82) is 0 Å². The maximum Gasteiger partial charge on any atom is 0.0779 e. The first-order valence-corrected chi connectivity index (χ1v) is 9.40. The van der Waals surface area contributed by atoms with Gasteiger partial charge in [-0.15, -0.1) is 0 Å². The highest BCUT2D eigenvalue weighted by Gasteiger charge is 2.18. The Balaban J connectivity index is 3.32. The molecule has 0 aromatic heterocycles. The lowest BCUT2D eigenvalue weighted by Gasteiger charge is -2.21. The van der Waals surface area contributed by atoms with Crippen LogP contribution in [0.4, 0.5) is 0 Å². The van der Waals surface area contributed by atoms with Crippen LogP contribution in [0.25, 0.3) is 0 Å². The van der Waals surface area contributed by atoms with Crippen molar-refractivity contribution >= 4 is 28.7 Å². The van der Waals surface area contributed by atoms with Crippen molar-refractivity contribution in [2.45, 2.75) is 33.5 Å². The van der Waals surface area contributed by atoms with Crippen molar-refractivity contribution in [3.05, 3.63) is 23.3 Å². The zero-order valence-electron chi connectivity index (χ0n) is 9.65. The van der Waals surface area contributed by atoms with Crippen LogP contribution in [0.2, 0.25) is 19.6 Å². The van der Waals surface area contributed by atoms with Crippen LogP contribution in [-0.4, -0.2) is 18.3 Å². The van der Waals surface area contributed by atoms with Gasteiger partial charge in [-0.2, -0.15) is 0 Å². The Hall–Kier alpha value is -0.346. The van der Waals surface area contributed by atoms with Crippen molar-refractivity contribution in [2.75, 3.05) is 0 Å². The quantitative estimate of drug-likeness (QED) is 0.600. The number of aryl methyl sites for hydroxylation is 2. The van der Waals surface area contributed by atoms with E-state index in [9.17, 15) is 0 Å². The van der Waals surface area contributed by atoms with E-state index in [4.69, 9.17) is 0 Å². The lowest BCUT2D eigenvalue weighted by molar-refractivity contribution is 1.43. The van der Waals surface area contributed by atoms with Crippen molar-refractivity contribution in [2.24, 2.45) is 0 Å². The van der Waals surface area contributed by atoms with Gasteiger partial charge in [0.25, 0.3) is 0 Å². The van der Waals surface area contributed by atoms with Gasteiger partial charge in [0.05, 0.1) is 8.07 Å². The fraction of sp³-hybridized carbons (Fsp3) is 0.455. The molecule has 0 unspecified atom stereocenters. The summed E-state index contributed by atoms with van der Waals surface area (Å²) in [4.78, 5) is 0. The van der Waals surface area contributed by atoms with E-state index >= 15 is 0 Å². The molecule has 0 bridgehead atoms. The fourth-order valence-electron chi connectivity index (χ4n) is 1.77. The van der Waals surface area contributed by atoms with Gasteiger partial charge in [-0.25, -0.2) is 0 Å². The van der Waals surface area contributed by atoms with Crippen molar-refractivity contribution in [1.82, 2.24) is 0 Å². The van der Waals surface area contributed by atoms with Crippen LogP contribution in [-0.2, 0) is 0 Å². The highest BCUT2D eigenvalue weighted by molar-refractivity contribution is 6.89. The lowest BCUT2D eigenvalue weighted by atomic mass is 10.1. The van der Waals surface area contributed by atoms with E-state index in [1.54, 1.807) is 10.4 Å². The maximum absolute atomic E-state index is 2.45. The smallest absolute Gasteiger partial charge is 0.0680 e. The van der Waals surface area contributed by atoms with Gasteiger partial charge in [0.15, 0.2) is 0 Å². The predicted octanol–water partition coefficient (Wildman–Crippen LogP) is 0.839. The second kappa shape index (κ2) is 3.42. The van der Waals surface area contributed by atoms with Crippen LogP contribution in [0.15, 0.2) is 12.1 Å². The Morgan fingerprint density at radius 3 is 2.00 bits per heavy atom. The van der Waals surface area contributed by atoms with E-state index in [0.29, 0.717) is 0 Å². The standard InChI is InChI=1S/C11H20Si2/c1-8-6-9(2)11(7-10(8)12)13(3,4)5/h6-7H,1-5,12H3. The minimum Gasteiger partial charge on any atom is -0.0680 e. The molecule has 0 spiro atoms. The minimum absolute atomic E-state index is 1.11. The van der Waals surface area contributed by atoms with Crippen molar-refractivity contribution in [3.8, 4) is 0 Å². The molecule has 0 heterocycles. The Kier molecular flexibility index (Phi) is 2.83. The first-order valence-electron chi connectivity index (χ1n) is 4.90. The van der Waals surface area contributed by atoms with Crippen molar-refractivity contribution < 1.29 is 0 Å². The zero-order valence-corrected chi connectivity index (χ0v) is 12.7. The van der Waals surface area contributed by atoms with Crippen LogP contribution < -0.4 is 10.4 Å². The summed E-state index contributed by atoms with van der Waals surface area (Å²) in [5.41, 5.74) is 2.97. The Bertz CT molecular complexity index is 322. The average molecular weight is 208 g/mol. The van der Waals surface area contributed by atoms with E-state index in [0.717, 1.165) is 0 Å². The first-order chi connectivity index (χ1) is 5.82. The fourth-order valence-corrected chi connectivity index (χ4v) is 4.39. The van der Waals surface area contributed by atoms with Gasteiger partial charge in [-0.3, -0.25) is 0 Å². The van der Waals surface area contributed by atoms with Gasteiger partial charge >= 0.3 is 0 Å². The minimum atomic E-state index is -1.11. The molecule has 0 saturated heterocycles. The molecule has 0 fully saturated rings. The van der Waals surface area contributed by atoms with Gasteiger partial charge in [-0.05, 0) is 13.8 Å². The molecule has 2 heteroatoms. The summed E-state index contributed by atoms with van der Waals surface area (Å²) >= 11 is 0. The summed E-state index contributed by atoms with van der Waals surface area (Å²) < 4.78 is 0. The molecule has 0 amide bonds. The summed E-state index contributed by atoms with van der Waals surface area (Å²) in [6, 6.07) is 4.80. The summed E-state index contributed by atoms with van der Waals surface area (Å²) in [7, 11) is 0.0685. The summed E-state index contributed by atoms with van der Waals surface area (Å²) in [5, 5.41) is 3.21. The Labute approximate surface area is 85.8 Å². The molecule has 1 rings (SSSR count). The summed E-state index contributed by atoms with van der Waals surface area (Å²) in [5.74, 6) is 0. The highest BCUT2D eigenvalue weighted by Crippen LogP contribution is 2.06. The molecule has 0 radical (unpaired) electrons. The second-order valence-corrected chi connectivity index (χ2v) is 11.1. The molecule has 1 aromatic rings. The third-order valence-electron chi connectivity index (χ3n) is 2.65. The Morgan fingerprint density at radius 1 is 1.00 bits per heavy atom. The maximum atomic E-state index is 2.45. The molecular weight excluding hydrogens is 188 g/mol. The van der Waals surface area contributed by atoms with E-state index in [-0.39, 0.29) is 0 Å². The van der Waals surface area contributed by atoms with E-state index in [2.05, 4.69) is 45.6 Å². The van der Waals surface area contributed by atoms with Crippen LogP contribution >= 0.6 is 0 Å². The largest absolute Gasteiger partial charge is 0.0779 e.